The molecule has 0 N–H and O–H groups in total. The van der Waals surface area contributed by atoms with Crippen molar-refractivity contribution in [2.24, 2.45) is 0 Å². The molecule has 3 aromatic heterocycles. The number of carbonyl (C=O) groups excluding carboxylic acids is 1. The number of hydrogen-bond acceptors (Lipinski definition) is 7. The van der Waals surface area contributed by atoms with E-state index >= 15 is 0 Å². The van der Waals surface area contributed by atoms with Crippen LogP contribution in [-0.2, 0) is 11.3 Å². The van der Waals surface area contributed by atoms with Gasteiger partial charge in [-0.3, -0.25) is 9.78 Å². The Morgan fingerprint density at radius 2 is 2.00 bits per heavy atom. The summed E-state index contributed by atoms with van der Waals surface area (Å²) in [5.41, 5.74) is 3.78. The molecule has 0 bridgehead atoms. The van der Waals surface area contributed by atoms with Crippen LogP contribution in [0, 0.1) is 6.92 Å². The second-order valence-corrected chi connectivity index (χ2v) is 10.6. The number of benzene rings is 1. The summed E-state index contributed by atoms with van der Waals surface area (Å²) in [5.74, 6) is 1.94. The van der Waals surface area contributed by atoms with Crippen LogP contribution < -0.4 is 9.47 Å². The summed E-state index contributed by atoms with van der Waals surface area (Å²) in [6.45, 7) is 6.34. The number of nitrogens with zero attached hydrogens (tertiary/aromatic N) is 6. The molecule has 0 atom stereocenters. The standard InChI is InChI=1S/C28H29ClN6O3/c1-18-7-10-30-19(14-18)16-35-25(33-24-26(35)31-17-32-27(24)38-28(2)8-9-28)21-6-5-20(15-22(21)29)37-13-12-34-11-3-4-23(34)36/h5-7,10,14-15,17H,3-4,8-9,11-13,16H2,1-2H3. The van der Waals surface area contributed by atoms with Gasteiger partial charge in [-0.2, -0.15) is 4.98 Å². The van der Waals surface area contributed by atoms with E-state index in [1.54, 1.807) is 12.3 Å². The molecule has 0 radical (unpaired) electrons. The van der Waals surface area contributed by atoms with Gasteiger partial charge in [-0.05, 0) is 69.0 Å². The van der Waals surface area contributed by atoms with Gasteiger partial charge in [0.1, 0.15) is 30.1 Å². The lowest BCUT2D eigenvalue weighted by molar-refractivity contribution is -0.128. The molecule has 1 saturated heterocycles. The van der Waals surface area contributed by atoms with Crippen LogP contribution in [0.25, 0.3) is 22.6 Å². The summed E-state index contributed by atoms with van der Waals surface area (Å²) in [6, 6.07) is 9.57. The Bertz CT molecular complexity index is 1520. The number of fused-ring (bicyclic) bond motifs is 1. The van der Waals surface area contributed by atoms with E-state index in [-0.39, 0.29) is 11.5 Å². The molecule has 4 heterocycles. The molecule has 38 heavy (non-hydrogen) atoms. The molecule has 2 fully saturated rings. The summed E-state index contributed by atoms with van der Waals surface area (Å²) < 4.78 is 14.1. The summed E-state index contributed by atoms with van der Waals surface area (Å²) in [6.07, 6.45) is 6.82. The van der Waals surface area contributed by atoms with Crippen LogP contribution in [-0.4, -0.2) is 60.6 Å². The number of likely N-dealkylation sites (tertiary alicyclic amines) is 1. The van der Waals surface area contributed by atoms with Crippen molar-refractivity contribution in [3.8, 4) is 23.0 Å². The number of aromatic nitrogens is 5. The van der Waals surface area contributed by atoms with Crippen molar-refractivity contribution < 1.29 is 14.3 Å². The zero-order valence-corrected chi connectivity index (χ0v) is 22.2. The van der Waals surface area contributed by atoms with Gasteiger partial charge in [0.25, 0.3) is 0 Å². The first-order valence-corrected chi connectivity index (χ1v) is 13.3. The van der Waals surface area contributed by atoms with E-state index in [1.165, 1.54) is 6.33 Å². The number of pyridine rings is 1. The molecular weight excluding hydrogens is 504 g/mol. The molecule has 10 heteroatoms. The minimum atomic E-state index is -0.209. The molecule has 0 spiro atoms. The second-order valence-electron chi connectivity index (χ2n) is 10.2. The van der Waals surface area contributed by atoms with E-state index in [0.29, 0.717) is 59.8 Å². The van der Waals surface area contributed by atoms with Crippen molar-refractivity contribution >= 4 is 28.7 Å². The summed E-state index contributed by atoms with van der Waals surface area (Å²) in [7, 11) is 0. The lowest BCUT2D eigenvalue weighted by Gasteiger charge is -2.16. The Morgan fingerprint density at radius 1 is 1.13 bits per heavy atom. The average molecular weight is 533 g/mol. The Labute approximate surface area is 225 Å². The summed E-state index contributed by atoms with van der Waals surface area (Å²) >= 11 is 6.80. The van der Waals surface area contributed by atoms with Gasteiger partial charge in [0.05, 0.1) is 23.8 Å². The van der Waals surface area contributed by atoms with Crippen LogP contribution in [0.1, 0.15) is 43.9 Å². The number of halogens is 1. The monoisotopic (exact) mass is 532 g/mol. The Morgan fingerprint density at radius 3 is 2.74 bits per heavy atom. The molecule has 4 aromatic rings. The van der Waals surface area contributed by atoms with E-state index in [2.05, 4.69) is 21.9 Å². The Balaban J connectivity index is 1.33. The normalized spacial score (nSPS) is 16.3. The maximum absolute atomic E-state index is 11.8. The summed E-state index contributed by atoms with van der Waals surface area (Å²) in [5, 5.41) is 0.498. The topological polar surface area (TPSA) is 95.3 Å². The first-order valence-electron chi connectivity index (χ1n) is 12.9. The zero-order valence-electron chi connectivity index (χ0n) is 21.5. The number of ether oxygens (including phenoxy) is 2. The molecule has 9 nitrogen and oxygen atoms in total. The van der Waals surface area contributed by atoms with Gasteiger partial charge >= 0.3 is 0 Å². The van der Waals surface area contributed by atoms with Gasteiger partial charge in [0.2, 0.25) is 11.8 Å². The van der Waals surface area contributed by atoms with Crippen molar-refractivity contribution in [2.45, 2.75) is 51.7 Å². The molecule has 1 saturated carbocycles. The fourth-order valence-corrected chi connectivity index (χ4v) is 4.94. The van der Waals surface area contributed by atoms with Crippen molar-refractivity contribution in [3.05, 3.63) is 59.1 Å². The maximum atomic E-state index is 11.8. The first-order chi connectivity index (χ1) is 18.4. The van der Waals surface area contributed by atoms with Crippen LogP contribution >= 0.6 is 11.6 Å². The second kappa shape index (κ2) is 9.87. The van der Waals surface area contributed by atoms with Crippen molar-refractivity contribution in [3.63, 3.8) is 0 Å². The lowest BCUT2D eigenvalue weighted by atomic mass is 10.2. The maximum Gasteiger partial charge on any atom is 0.245 e. The molecule has 2 aliphatic rings. The van der Waals surface area contributed by atoms with Crippen molar-refractivity contribution in [1.29, 1.82) is 0 Å². The highest BCUT2D eigenvalue weighted by Crippen LogP contribution is 2.41. The first kappa shape index (κ1) is 24.6. The van der Waals surface area contributed by atoms with Gasteiger partial charge in [0, 0.05) is 24.7 Å². The minimum Gasteiger partial charge on any atom is -0.492 e. The number of aryl methyl sites for hydroxylation is 1. The third kappa shape index (κ3) is 5.03. The van der Waals surface area contributed by atoms with E-state index in [9.17, 15) is 4.79 Å². The highest BCUT2D eigenvalue weighted by atomic mass is 35.5. The molecule has 6 rings (SSSR count). The van der Waals surface area contributed by atoms with Crippen molar-refractivity contribution in [2.75, 3.05) is 19.7 Å². The predicted molar refractivity (Wildman–Crippen MR) is 143 cm³/mol. The molecular formula is C28H29ClN6O3. The fraction of sp³-hybridized carbons (Fsp3) is 0.393. The number of carbonyl (C=O) groups is 1. The van der Waals surface area contributed by atoms with Gasteiger partial charge in [0.15, 0.2) is 11.2 Å². The minimum absolute atomic E-state index is 0.186. The molecule has 0 unspecified atom stereocenters. The van der Waals surface area contributed by atoms with Gasteiger partial charge in [-0.1, -0.05) is 11.6 Å². The Hall–Kier alpha value is -3.72. The van der Waals surface area contributed by atoms with Gasteiger partial charge in [-0.25, -0.2) is 9.97 Å². The number of hydrogen-bond donors (Lipinski definition) is 0. The predicted octanol–water partition coefficient (Wildman–Crippen LogP) is 4.83. The van der Waals surface area contributed by atoms with Gasteiger partial charge in [-0.15, -0.1) is 0 Å². The largest absolute Gasteiger partial charge is 0.492 e. The third-order valence-electron chi connectivity index (χ3n) is 7.07. The van der Waals surface area contributed by atoms with Crippen LogP contribution in [0.2, 0.25) is 5.02 Å². The smallest absolute Gasteiger partial charge is 0.245 e. The molecule has 1 aromatic carbocycles. The molecule has 1 aliphatic carbocycles. The molecule has 1 aliphatic heterocycles. The highest BCUT2D eigenvalue weighted by molar-refractivity contribution is 6.33. The van der Waals surface area contributed by atoms with Crippen LogP contribution in [0.5, 0.6) is 11.6 Å². The molecule has 1 amide bonds. The highest BCUT2D eigenvalue weighted by Gasteiger charge is 2.41. The number of rotatable bonds is 9. The van der Waals surface area contributed by atoms with E-state index in [1.807, 2.05) is 40.7 Å². The lowest BCUT2D eigenvalue weighted by Crippen LogP contribution is -2.29. The van der Waals surface area contributed by atoms with Crippen LogP contribution in [0.4, 0.5) is 0 Å². The average Bonchev–Trinajstić information content (AvgIpc) is 3.29. The quantitative estimate of drug-likeness (QED) is 0.304. The SMILES string of the molecule is Cc1ccnc(Cn2c(-c3ccc(OCCN4CCCC4=O)cc3Cl)nc3c(OC4(C)CC4)ncnc32)c1. The van der Waals surface area contributed by atoms with Gasteiger partial charge < -0.3 is 18.9 Å². The number of imidazole rings is 1. The Kier molecular flexibility index (Phi) is 6.39. The number of amides is 1. The summed E-state index contributed by atoms with van der Waals surface area (Å²) in [4.78, 5) is 32.2. The fourth-order valence-electron chi connectivity index (χ4n) is 4.69. The van der Waals surface area contributed by atoms with E-state index in [0.717, 1.165) is 42.6 Å². The van der Waals surface area contributed by atoms with Crippen LogP contribution in [0.15, 0.2) is 42.9 Å². The zero-order chi connectivity index (χ0) is 26.3. The molecule has 196 valence electrons. The third-order valence-corrected chi connectivity index (χ3v) is 7.38. The van der Waals surface area contributed by atoms with Crippen molar-refractivity contribution in [1.82, 2.24) is 29.4 Å². The van der Waals surface area contributed by atoms with Crippen LogP contribution in [0.3, 0.4) is 0 Å². The van der Waals surface area contributed by atoms with E-state index < -0.39 is 0 Å². The van der Waals surface area contributed by atoms with E-state index in [4.69, 9.17) is 26.1 Å².